The molecule has 0 radical (unpaired) electrons. The lowest BCUT2D eigenvalue weighted by Gasteiger charge is -2.36. The molecule has 2 aromatic carbocycles. The van der Waals surface area contributed by atoms with Crippen LogP contribution < -0.4 is 0 Å². The molecule has 0 aromatic heterocycles. The van der Waals surface area contributed by atoms with Crippen LogP contribution in [0.15, 0.2) is 42.0 Å². The molecule has 5 atom stereocenters. The van der Waals surface area contributed by atoms with E-state index in [1.807, 2.05) is 0 Å². The highest BCUT2D eigenvalue weighted by molar-refractivity contribution is 5.95. The van der Waals surface area contributed by atoms with Crippen molar-refractivity contribution in [3.05, 3.63) is 53.1 Å². The number of hydrogen-bond donors (Lipinski definition) is 0. The Balaban J connectivity index is 1.35. The van der Waals surface area contributed by atoms with Crippen molar-refractivity contribution in [2.24, 2.45) is 29.6 Å². The van der Waals surface area contributed by atoms with E-state index < -0.39 is 0 Å². The Kier molecular flexibility index (Phi) is 4.02. The molecule has 5 unspecified atom stereocenters. The van der Waals surface area contributed by atoms with Crippen LogP contribution in [0, 0.1) is 29.6 Å². The summed E-state index contributed by atoms with van der Waals surface area (Å²) in [6.45, 7) is 10.4. The third kappa shape index (κ3) is 2.78. The van der Waals surface area contributed by atoms with Crippen LogP contribution in [-0.4, -0.2) is 12.2 Å². The summed E-state index contributed by atoms with van der Waals surface area (Å²) in [5.74, 6) is 4.38. The predicted octanol–water partition coefficient (Wildman–Crippen LogP) is 6.50. The summed E-state index contributed by atoms with van der Waals surface area (Å²) in [6, 6.07) is 13.3. The van der Waals surface area contributed by atoms with Gasteiger partial charge >= 0.3 is 0 Å². The van der Waals surface area contributed by atoms with Gasteiger partial charge in [-0.1, -0.05) is 56.3 Å². The molecule has 1 nitrogen and oxygen atoms in total. The van der Waals surface area contributed by atoms with Crippen LogP contribution in [0.5, 0.6) is 0 Å². The lowest BCUT2D eigenvalue weighted by Crippen LogP contribution is -2.34. The van der Waals surface area contributed by atoms with Gasteiger partial charge in [0.25, 0.3) is 0 Å². The Hall–Kier alpha value is -1.60. The summed E-state index contributed by atoms with van der Waals surface area (Å²) in [4.78, 5) is 0. The molecule has 0 heterocycles. The summed E-state index contributed by atoms with van der Waals surface area (Å²) in [7, 11) is 0. The Morgan fingerprint density at radius 3 is 2.52 bits per heavy atom. The number of benzene rings is 2. The highest BCUT2D eigenvalue weighted by Crippen LogP contribution is 2.55. The van der Waals surface area contributed by atoms with Crippen LogP contribution in [0.3, 0.4) is 0 Å². The van der Waals surface area contributed by atoms with Crippen molar-refractivity contribution >= 4 is 16.8 Å². The first-order valence-electron chi connectivity index (χ1n) is 10.8. The molecule has 0 amide bonds. The largest absolute Gasteiger partial charge is 0.371 e. The number of ether oxygens (including phenoxy) is 1. The summed E-state index contributed by atoms with van der Waals surface area (Å²) in [6.07, 6.45) is 6.22. The van der Waals surface area contributed by atoms with Crippen molar-refractivity contribution in [3.8, 4) is 0 Å². The highest BCUT2D eigenvalue weighted by Gasteiger charge is 2.48. The van der Waals surface area contributed by atoms with E-state index in [0.717, 1.165) is 42.6 Å². The maximum Gasteiger partial charge on any atom is 0.0842 e. The molecule has 5 rings (SSSR count). The Bertz CT molecular complexity index is 898. The van der Waals surface area contributed by atoms with Crippen molar-refractivity contribution in [3.63, 3.8) is 0 Å². The second kappa shape index (κ2) is 6.21. The van der Waals surface area contributed by atoms with Crippen molar-refractivity contribution < 1.29 is 4.74 Å². The number of hydrogen-bond acceptors (Lipinski definition) is 1. The van der Waals surface area contributed by atoms with E-state index in [9.17, 15) is 0 Å². The van der Waals surface area contributed by atoms with E-state index >= 15 is 0 Å². The van der Waals surface area contributed by atoms with Crippen LogP contribution >= 0.6 is 0 Å². The quantitative estimate of drug-likeness (QED) is 0.604. The zero-order valence-corrected chi connectivity index (χ0v) is 17.2. The van der Waals surface area contributed by atoms with Crippen molar-refractivity contribution in [1.29, 1.82) is 0 Å². The molecule has 27 heavy (non-hydrogen) atoms. The fraction of sp³-hybridized carbons (Fsp3) is 0.538. The van der Waals surface area contributed by atoms with Gasteiger partial charge in [-0.3, -0.25) is 0 Å². The van der Waals surface area contributed by atoms with Gasteiger partial charge in [0, 0.05) is 0 Å². The number of fused-ring (bicyclic) bond motifs is 2. The second-order valence-corrected chi connectivity index (χ2v) is 9.90. The third-order valence-electron chi connectivity index (χ3n) is 8.20. The second-order valence-electron chi connectivity index (χ2n) is 9.90. The normalized spacial score (nSPS) is 32.1. The summed E-state index contributed by atoms with van der Waals surface area (Å²) < 4.78 is 6.63. The molecule has 3 aliphatic rings. The average Bonchev–Trinajstić information content (AvgIpc) is 3.20. The average molecular weight is 361 g/mol. The van der Waals surface area contributed by atoms with Crippen molar-refractivity contribution in [1.82, 2.24) is 0 Å². The number of rotatable bonds is 4. The van der Waals surface area contributed by atoms with Crippen molar-refractivity contribution in [2.75, 3.05) is 6.61 Å². The molecule has 0 N–H and O–H groups in total. The molecular formula is C26H32O. The van der Waals surface area contributed by atoms with E-state index in [-0.39, 0.29) is 5.60 Å². The highest BCUT2D eigenvalue weighted by atomic mass is 16.5. The summed E-state index contributed by atoms with van der Waals surface area (Å²) >= 11 is 0. The summed E-state index contributed by atoms with van der Waals surface area (Å²) in [5, 5.41) is 2.78. The zero-order valence-electron chi connectivity index (χ0n) is 17.2. The molecule has 2 aromatic rings. The van der Waals surface area contributed by atoms with Gasteiger partial charge < -0.3 is 4.74 Å². The molecule has 142 valence electrons. The van der Waals surface area contributed by atoms with Crippen molar-refractivity contribution in [2.45, 2.75) is 52.6 Å². The van der Waals surface area contributed by atoms with Crippen LogP contribution in [0.25, 0.3) is 16.8 Å². The van der Waals surface area contributed by atoms with Gasteiger partial charge in [-0.15, -0.1) is 0 Å². The van der Waals surface area contributed by atoms with Gasteiger partial charge in [0.1, 0.15) is 0 Å². The lowest BCUT2D eigenvalue weighted by atomic mass is 9.76. The van der Waals surface area contributed by atoms with Crippen LogP contribution in [0.4, 0.5) is 0 Å². The van der Waals surface area contributed by atoms with E-state index in [0.29, 0.717) is 0 Å². The minimum absolute atomic E-state index is 0.202. The van der Waals surface area contributed by atoms with Crippen LogP contribution in [-0.2, 0) is 11.2 Å². The predicted molar refractivity (Wildman–Crippen MR) is 114 cm³/mol. The zero-order chi connectivity index (χ0) is 18.8. The molecule has 3 aliphatic carbocycles. The van der Waals surface area contributed by atoms with Gasteiger partial charge in [0.2, 0.25) is 0 Å². The molecule has 0 saturated heterocycles. The molecule has 2 fully saturated rings. The molecule has 0 aliphatic heterocycles. The Morgan fingerprint density at radius 2 is 1.78 bits per heavy atom. The molecule has 2 bridgehead atoms. The van der Waals surface area contributed by atoms with Crippen LogP contribution in [0.2, 0.25) is 0 Å². The van der Waals surface area contributed by atoms with Gasteiger partial charge in [0.05, 0.1) is 12.2 Å². The molecule has 2 saturated carbocycles. The maximum atomic E-state index is 6.63. The van der Waals surface area contributed by atoms with E-state index in [1.54, 1.807) is 0 Å². The molecule has 0 spiro atoms. The lowest BCUT2D eigenvalue weighted by molar-refractivity contribution is -0.0283. The molecular weight excluding hydrogens is 328 g/mol. The monoisotopic (exact) mass is 360 g/mol. The topological polar surface area (TPSA) is 9.23 Å². The Morgan fingerprint density at radius 1 is 1.00 bits per heavy atom. The first-order valence-corrected chi connectivity index (χ1v) is 10.8. The van der Waals surface area contributed by atoms with E-state index in [4.69, 9.17) is 4.74 Å². The van der Waals surface area contributed by atoms with Gasteiger partial charge in [-0.05, 0) is 90.2 Å². The fourth-order valence-electron chi connectivity index (χ4n) is 6.24. The minimum atomic E-state index is -0.202. The van der Waals surface area contributed by atoms with E-state index in [2.05, 4.69) is 70.2 Å². The first kappa shape index (κ1) is 17.5. The Labute approximate surface area is 163 Å². The molecule has 1 heteroatoms. The summed E-state index contributed by atoms with van der Waals surface area (Å²) in [5.41, 5.74) is 4.01. The maximum absolute atomic E-state index is 6.63. The van der Waals surface area contributed by atoms with Crippen LogP contribution in [0.1, 0.15) is 51.7 Å². The smallest absolute Gasteiger partial charge is 0.0842 e. The fourth-order valence-corrected chi connectivity index (χ4v) is 6.24. The first-order chi connectivity index (χ1) is 12.9. The standard InChI is InChI=1S/C26H32O/c1-16-17(2)24-14-21(16)11-22(24)15-27-26(3,4)23-12-19-9-5-7-18-8-6-10-20(13-23)25(18)19/h5-10,12,16-17,21-22,24H,11,13-15H2,1-4H3. The van der Waals surface area contributed by atoms with Gasteiger partial charge in [0.15, 0.2) is 0 Å². The SMILES string of the molecule is CC1C2CC(COC(C)(C)C3=Cc4cccc5cccc(c45)C3)C(C2)C1C. The third-order valence-corrected chi connectivity index (χ3v) is 8.20. The van der Waals surface area contributed by atoms with E-state index in [1.165, 1.54) is 40.3 Å². The minimum Gasteiger partial charge on any atom is -0.371 e. The van der Waals surface area contributed by atoms with Gasteiger partial charge in [-0.2, -0.15) is 0 Å². The van der Waals surface area contributed by atoms with Gasteiger partial charge in [-0.25, -0.2) is 0 Å².